The summed E-state index contributed by atoms with van der Waals surface area (Å²) in [7, 11) is -2.69. The molecule has 296 valence electrons. The fraction of sp³-hybridized carbons (Fsp3) is 0.625. The molecule has 0 radical (unpaired) electrons. The van der Waals surface area contributed by atoms with Crippen LogP contribution >= 0.6 is 0 Å². The van der Waals surface area contributed by atoms with Crippen LogP contribution in [0, 0.1) is 0 Å². The fourth-order valence-electron chi connectivity index (χ4n) is 7.21. The van der Waals surface area contributed by atoms with E-state index in [1.54, 1.807) is 18.5 Å². The Balaban J connectivity index is 1.66. The molecule has 2 bridgehead atoms. The molecule has 2 aliphatic rings. The fourth-order valence-corrected chi connectivity index (χ4v) is 8.73. The minimum atomic E-state index is -1.35. The molecule has 0 unspecified atom stereocenters. The lowest BCUT2D eigenvalue weighted by Gasteiger charge is -2.40. The van der Waals surface area contributed by atoms with Crippen LogP contribution in [0.15, 0.2) is 31.1 Å². The normalized spacial score (nSPS) is 18.9. The lowest BCUT2D eigenvalue weighted by molar-refractivity contribution is 0.00565. The third-order valence-electron chi connectivity index (χ3n) is 9.98. The highest BCUT2D eigenvalue weighted by atomic mass is 28.3. The van der Waals surface area contributed by atoms with Crippen molar-refractivity contribution in [2.75, 3.05) is 38.2 Å². The minimum absolute atomic E-state index is 0.00192. The van der Waals surface area contributed by atoms with Gasteiger partial charge in [0.2, 0.25) is 0 Å². The van der Waals surface area contributed by atoms with E-state index >= 15 is 0 Å². The van der Waals surface area contributed by atoms with Crippen molar-refractivity contribution in [1.82, 2.24) is 24.5 Å². The number of fused-ring (bicyclic) bond motifs is 3. The average Bonchev–Trinajstić information content (AvgIpc) is 3.62. The molecule has 5 heterocycles. The highest BCUT2D eigenvalue weighted by molar-refractivity contribution is 6.76. The van der Waals surface area contributed by atoms with E-state index in [-0.39, 0.29) is 37.6 Å². The SMILES string of the molecule is C=C(OCC)c1c([C@@H]2C[C@H]3CC[C@@H](C2)N3C(=O)OC(C)(C)C)nc2c(-c3ccc(C=O)nc3)cnn2c1N(COCC[Si](C)(C)C)COCC[Si](C)(C)C. The average molecular weight is 779 g/mol. The van der Waals surface area contributed by atoms with Crippen LogP contribution in [0.4, 0.5) is 10.6 Å². The first-order chi connectivity index (χ1) is 25.4. The lowest BCUT2D eigenvalue weighted by Crippen LogP contribution is -2.48. The Labute approximate surface area is 323 Å². The van der Waals surface area contributed by atoms with Crippen molar-refractivity contribution >= 4 is 45.8 Å². The van der Waals surface area contributed by atoms with E-state index in [2.05, 4.69) is 55.7 Å². The van der Waals surface area contributed by atoms with E-state index in [0.717, 1.165) is 72.3 Å². The van der Waals surface area contributed by atoms with Crippen LogP contribution in [0.2, 0.25) is 51.4 Å². The Hall–Kier alpha value is -3.60. The number of hydrogen-bond donors (Lipinski definition) is 0. The molecule has 2 saturated heterocycles. The van der Waals surface area contributed by atoms with Gasteiger partial charge in [-0.2, -0.15) is 9.61 Å². The first-order valence-corrected chi connectivity index (χ1v) is 26.9. The van der Waals surface area contributed by atoms with Gasteiger partial charge in [0.1, 0.15) is 36.3 Å². The van der Waals surface area contributed by atoms with Crippen LogP contribution in [0.1, 0.15) is 81.0 Å². The summed E-state index contributed by atoms with van der Waals surface area (Å²) in [6.45, 7) is 28.5. The van der Waals surface area contributed by atoms with Gasteiger partial charge in [0, 0.05) is 64.7 Å². The zero-order chi connectivity index (χ0) is 39.4. The molecule has 2 fully saturated rings. The summed E-state index contributed by atoms with van der Waals surface area (Å²) in [6, 6.07) is 5.68. The van der Waals surface area contributed by atoms with Gasteiger partial charge in [-0.3, -0.25) is 9.78 Å². The predicted molar refractivity (Wildman–Crippen MR) is 220 cm³/mol. The van der Waals surface area contributed by atoms with Crippen LogP contribution in [-0.4, -0.2) is 104 Å². The number of ether oxygens (including phenoxy) is 4. The number of anilines is 1. The maximum absolute atomic E-state index is 13.5. The molecule has 0 aromatic carbocycles. The van der Waals surface area contributed by atoms with Crippen molar-refractivity contribution in [3.63, 3.8) is 0 Å². The number of nitrogens with zero attached hydrogens (tertiary/aromatic N) is 6. The largest absolute Gasteiger partial charge is 0.494 e. The van der Waals surface area contributed by atoms with Gasteiger partial charge in [-0.15, -0.1) is 0 Å². The molecule has 2 aliphatic heterocycles. The smallest absolute Gasteiger partial charge is 0.410 e. The highest BCUT2D eigenvalue weighted by Gasteiger charge is 2.46. The molecule has 0 N–H and O–H groups in total. The van der Waals surface area contributed by atoms with Crippen LogP contribution < -0.4 is 4.90 Å². The maximum Gasteiger partial charge on any atom is 0.410 e. The summed E-state index contributed by atoms with van der Waals surface area (Å²) < 4.78 is 26.9. The number of aromatic nitrogens is 4. The van der Waals surface area contributed by atoms with Crippen LogP contribution in [-0.2, 0) is 18.9 Å². The molecule has 0 aliphatic carbocycles. The van der Waals surface area contributed by atoms with E-state index in [1.807, 2.05) is 43.2 Å². The molecule has 3 aromatic rings. The second kappa shape index (κ2) is 17.0. The minimum Gasteiger partial charge on any atom is -0.494 e. The number of aldehydes is 1. The summed E-state index contributed by atoms with van der Waals surface area (Å²) in [4.78, 5) is 38.8. The molecule has 0 saturated carbocycles. The maximum atomic E-state index is 13.5. The molecule has 12 nitrogen and oxygen atoms in total. The molecule has 3 aromatic heterocycles. The standard InChI is InChI=1S/C40H62N6O6Si2/c1-12-51-28(2)35-36(30-21-32-15-16-33(22-30)45(32)39(48)52-40(3,4)5)43-37-34(29-13-14-31(25-47)41-23-29)24-42-46(37)38(35)44(26-49-17-19-53(6,7)8)27-50-18-20-54(9,10)11/h13-14,23-25,30,32-33H,2,12,15-22,26-27H2,1,3-11H3/t30-,32-,33+. The Morgan fingerprint density at radius 1 is 0.981 bits per heavy atom. The molecular weight excluding hydrogens is 717 g/mol. The summed E-state index contributed by atoms with van der Waals surface area (Å²) in [6.07, 6.45) is 7.24. The van der Waals surface area contributed by atoms with Crippen molar-refractivity contribution in [1.29, 1.82) is 0 Å². The van der Waals surface area contributed by atoms with Crippen LogP contribution in [0.3, 0.4) is 0 Å². The zero-order valence-electron chi connectivity index (χ0n) is 34.2. The second-order valence-corrected chi connectivity index (χ2v) is 29.4. The Kier molecular flexibility index (Phi) is 13.1. The first kappa shape index (κ1) is 41.6. The molecule has 5 rings (SSSR count). The molecule has 0 spiro atoms. The number of rotatable bonds is 17. The quantitative estimate of drug-likeness (QED) is 0.0433. The van der Waals surface area contributed by atoms with Crippen molar-refractivity contribution in [2.45, 2.75) is 128 Å². The lowest BCUT2D eigenvalue weighted by atomic mass is 9.85. The Morgan fingerprint density at radius 2 is 1.59 bits per heavy atom. The number of carbonyl (C=O) groups excluding carboxylic acids is 2. The highest BCUT2D eigenvalue weighted by Crippen LogP contribution is 2.47. The van der Waals surface area contributed by atoms with Gasteiger partial charge in [-0.05, 0) is 71.5 Å². The van der Waals surface area contributed by atoms with E-state index in [9.17, 15) is 9.59 Å². The third kappa shape index (κ3) is 10.4. The van der Waals surface area contributed by atoms with Crippen molar-refractivity contribution in [3.8, 4) is 11.1 Å². The number of piperidine rings is 1. The molecule has 14 heteroatoms. The summed E-state index contributed by atoms with van der Waals surface area (Å²) in [5.41, 5.74) is 3.61. The van der Waals surface area contributed by atoms with E-state index in [0.29, 0.717) is 36.9 Å². The van der Waals surface area contributed by atoms with E-state index < -0.39 is 21.7 Å². The van der Waals surface area contributed by atoms with E-state index in [1.165, 1.54) is 0 Å². The number of hydrogen-bond acceptors (Lipinski definition) is 10. The van der Waals surface area contributed by atoms with Gasteiger partial charge in [-0.25, -0.2) is 9.78 Å². The second-order valence-electron chi connectivity index (χ2n) is 18.1. The Bertz CT molecular complexity index is 1740. The van der Waals surface area contributed by atoms with Gasteiger partial charge >= 0.3 is 6.09 Å². The predicted octanol–water partition coefficient (Wildman–Crippen LogP) is 8.69. The first-order valence-electron chi connectivity index (χ1n) is 19.5. The summed E-state index contributed by atoms with van der Waals surface area (Å²) in [5, 5.41) is 4.95. The Morgan fingerprint density at radius 3 is 2.09 bits per heavy atom. The molecule has 3 atom stereocenters. The molecular formula is C40H62N6O6Si2. The summed E-state index contributed by atoms with van der Waals surface area (Å²) >= 11 is 0. The van der Waals surface area contributed by atoms with Crippen LogP contribution in [0.25, 0.3) is 22.5 Å². The van der Waals surface area contributed by atoms with Crippen molar-refractivity contribution in [3.05, 3.63) is 48.1 Å². The van der Waals surface area contributed by atoms with Gasteiger partial charge in [-0.1, -0.05) is 51.9 Å². The van der Waals surface area contributed by atoms with Crippen LogP contribution in [0.5, 0.6) is 0 Å². The van der Waals surface area contributed by atoms with Gasteiger partial charge in [0.15, 0.2) is 11.9 Å². The molecule has 54 heavy (non-hydrogen) atoms. The topological polar surface area (TPSA) is 121 Å². The number of pyridine rings is 1. The zero-order valence-corrected chi connectivity index (χ0v) is 36.2. The van der Waals surface area contributed by atoms with Crippen molar-refractivity contribution < 1.29 is 28.5 Å². The van der Waals surface area contributed by atoms with Crippen molar-refractivity contribution in [2.24, 2.45) is 0 Å². The summed E-state index contributed by atoms with van der Waals surface area (Å²) in [5.74, 6) is 1.24. The van der Waals surface area contributed by atoms with Gasteiger partial charge in [0.05, 0.1) is 24.1 Å². The monoisotopic (exact) mass is 778 g/mol. The third-order valence-corrected chi connectivity index (χ3v) is 13.4. The molecule has 1 amide bonds. The number of amides is 1. The van der Waals surface area contributed by atoms with E-state index in [4.69, 9.17) is 29.0 Å². The van der Waals surface area contributed by atoms with Gasteiger partial charge in [0.25, 0.3) is 0 Å². The van der Waals surface area contributed by atoms with Gasteiger partial charge < -0.3 is 28.7 Å². The number of carbonyl (C=O) groups is 2.